The second kappa shape index (κ2) is 6.41. The average Bonchev–Trinajstić information content (AvgIpc) is 3.12. The van der Waals surface area contributed by atoms with E-state index in [4.69, 9.17) is 11.6 Å². The zero-order valence-electron chi connectivity index (χ0n) is 12.4. The van der Waals surface area contributed by atoms with Crippen LogP contribution in [0.15, 0.2) is 47.5 Å². The van der Waals surface area contributed by atoms with E-state index in [1.165, 1.54) is 23.1 Å². The number of thiophene rings is 1. The highest BCUT2D eigenvalue weighted by molar-refractivity contribution is 7.17. The van der Waals surface area contributed by atoms with Crippen LogP contribution in [0.1, 0.15) is 10.6 Å². The van der Waals surface area contributed by atoms with Gasteiger partial charge in [0.1, 0.15) is 0 Å². The molecule has 0 saturated heterocycles. The Labute approximate surface area is 145 Å². The quantitative estimate of drug-likeness (QED) is 0.555. The largest absolute Gasteiger partial charge is 0.435 e. The predicted octanol–water partition coefficient (Wildman–Crippen LogP) is 5.57. The Hall–Kier alpha value is -2.12. The SMILES string of the molecule is Cn1nc(C(F)(F)F)cc1-c1ccc(C=Nc2ccc(Cl)cc2)s1. The van der Waals surface area contributed by atoms with Crippen molar-refractivity contribution in [2.75, 3.05) is 0 Å². The molecule has 3 aromatic rings. The summed E-state index contributed by atoms with van der Waals surface area (Å²) in [7, 11) is 1.49. The third-order valence-electron chi connectivity index (χ3n) is 3.22. The maximum absolute atomic E-state index is 12.7. The summed E-state index contributed by atoms with van der Waals surface area (Å²) in [5.74, 6) is 0. The zero-order valence-corrected chi connectivity index (χ0v) is 14.0. The molecule has 1 aromatic carbocycles. The number of alkyl halides is 3. The number of nitrogens with zero attached hydrogens (tertiary/aromatic N) is 3. The fraction of sp³-hybridized carbons (Fsp3) is 0.125. The molecule has 2 heterocycles. The van der Waals surface area contributed by atoms with E-state index in [1.54, 1.807) is 42.6 Å². The normalized spacial score (nSPS) is 12.2. The molecule has 124 valence electrons. The number of aryl methyl sites for hydroxylation is 1. The standard InChI is InChI=1S/C16H11ClF3N3S/c1-23-13(8-15(22-23)16(18,19)20)14-7-6-12(24-14)9-21-11-4-2-10(17)3-5-11/h2-9H,1H3. The van der Waals surface area contributed by atoms with Gasteiger partial charge in [-0.3, -0.25) is 9.67 Å². The van der Waals surface area contributed by atoms with Gasteiger partial charge in [-0.15, -0.1) is 11.3 Å². The van der Waals surface area contributed by atoms with Gasteiger partial charge in [-0.05, 0) is 42.5 Å². The van der Waals surface area contributed by atoms with Gasteiger partial charge in [0.05, 0.1) is 16.3 Å². The third kappa shape index (κ3) is 3.68. The van der Waals surface area contributed by atoms with E-state index in [9.17, 15) is 13.2 Å². The van der Waals surface area contributed by atoms with Gasteiger partial charge in [0, 0.05) is 23.2 Å². The highest BCUT2D eigenvalue weighted by Crippen LogP contribution is 2.33. The van der Waals surface area contributed by atoms with Gasteiger partial charge in [-0.1, -0.05) is 11.6 Å². The Balaban J connectivity index is 1.83. The Morgan fingerprint density at radius 3 is 2.50 bits per heavy atom. The first-order valence-corrected chi connectivity index (χ1v) is 8.03. The first kappa shape index (κ1) is 16.7. The molecule has 8 heteroatoms. The minimum atomic E-state index is -4.45. The van der Waals surface area contributed by atoms with E-state index in [1.807, 2.05) is 0 Å². The minimum absolute atomic E-state index is 0.415. The summed E-state index contributed by atoms with van der Waals surface area (Å²) >= 11 is 7.15. The number of aliphatic imine (C=N–C) groups is 1. The lowest BCUT2D eigenvalue weighted by Gasteiger charge is -1.98. The molecular weight excluding hydrogens is 359 g/mol. The molecular formula is C16H11ClF3N3S. The topological polar surface area (TPSA) is 30.2 Å². The Bertz CT molecular complexity index is 879. The molecule has 0 unspecified atom stereocenters. The van der Waals surface area contributed by atoms with Crippen LogP contribution in [-0.2, 0) is 13.2 Å². The van der Waals surface area contributed by atoms with Gasteiger partial charge in [0.2, 0.25) is 0 Å². The van der Waals surface area contributed by atoms with Crippen LogP contribution in [0.2, 0.25) is 5.02 Å². The summed E-state index contributed by atoms with van der Waals surface area (Å²) in [6.07, 6.45) is -2.79. The maximum Gasteiger partial charge on any atom is 0.435 e. The molecule has 0 aliphatic heterocycles. The van der Waals surface area contributed by atoms with Gasteiger partial charge in [0.25, 0.3) is 0 Å². The molecule has 0 radical (unpaired) electrons. The monoisotopic (exact) mass is 369 g/mol. The van der Waals surface area contributed by atoms with E-state index in [0.717, 1.165) is 16.6 Å². The first-order chi connectivity index (χ1) is 11.3. The maximum atomic E-state index is 12.7. The molecule has 0 fully saturated rings. The first-order valence-electron chi connectivity index (χ1n) is 6.84. The van der Waals surface area contributed by atoms with E-state index >= 15 is 0 Å². The van der Waals surface area contributed by atoms with Crippen molar-refractivity contribution < 1.29 is 13.2 Å². The van der Waals surface area contributed by atoms with Crippen molar-refractivity contribution in [2.45, 2.75) is 6.18 Å². The fourth-order valence-corrected chi connectivity index (χ4v) is 3.11. The molecule has 0 aliphatic rings. The molecule has 0 N–H and O–H groups in total. The van der Waals surface area contributed by atoms with Gasteiger partial charge in [-0.25, -0.2) is 0 Å². The molecule has 2 aromatic heterocycles. The molecule has 3 rings (SSSR count). The van der Waals surface area contributed by atoms with Crippen molar-refractivity contribution in [1.29, 1.82) is 0 Å². The summed E-state index contributed by atoms with van der Waals surface area (Å²) in [6, 6.07) is 11.6. The number of rotatable bonds is 3. The molecule has 0 saturated carbocycles. The fourth-order valence-electron chi connectivity index (χ4n) is 2.06. The van der Waals surface area contributed by atoms with E-state index in [0.29, 0.717) is 15.6 Å². The van der Waals surface area contributed by atoms with Crippen LogP contribution in [-0.4, -0.2) is 16.0 Å². The van der Waals surface area contributed by atoms with E-state index < -0.39 is 11.9 Å². The van der Waals surface area contributed by atoms with Gasteiger partial charge in [-0.2, -0.15) is 18.3 Å². The Kier molecular flexibility index (Phi) is 4.47. The summed E-state index contributed by atoms with van der Waals surface area (Å²) in [5, 5.41) is 4.15. The van der Waals surface area contributed by atoms with Crippen LogP contribution in [0.4, 0.5) is 18.9 Å². The molecule has 0 amide bonds. The van der Waals surface area contributed by atoms with Crippen molar-refractivity contribution in [1.82, 2.24) is 9.78 Å². The minimum Gasteiger partial charge on any atom is -0.267 e. The predicted molar refractivity (Wildman–Crippen MR) is 90.2 cm³/mol. The van der Waals surface area contributed by atoms with Crippen molar-refractivity contribution in [3.63, 3.8) is 0 Å². The zero-order chi connectivity index (χ0) is 17.3. The number of halogens is 4. The second-order valence-corrected chi connectivity index (χ2v) is 6.52. The van der Waals surface area contributed by atoms with Crippen molar-refractivity contribution in [3.8, 4) is 10.6 Å². The summed E-state index contributed by atoms with van der Waals surface area (Å²) in [5.41, 5.74) is 0.262. The summed E-state index contributed by atoms with van der Waals surface area (Å²) < 4.78 is 39.4. The van der Waals surface area contributed by atoms with Crippen molar-refractivity contribution >= 4 is 34.8 Å². The number of benzene rings is 1. The highest BCUT2D eigenvalue weighted by Gasteiger charge is 2.34. The Morgan fingerprint density at radius 2 is 1.88 bits per heavy atom. The second-order valence-electron chi connectivity index (χ2n) is 4.97. The summed E-state index contributed by atoms with van der Waals surface area (Å²) in [4.78, 5) is 5.84. The molecule has 24 heavy (non-hydrogen) atoms. The van der Waals surface area contributed by atoms with Crippen LogP contribution in [0, 0.1) is 0 Å². The van der Waals surface area contributed by atoms with Crippen LogP contribution in [0.3, 0.4) is 0 Å². The molecule has 0 spiro atoms. The lowest BCUT2D eigenvalue weighted by molar-refractivity contribution is -0.141. The lowest BCUT2D eigenvalue weighted by atomic mass is 10.3. The van der Waals surface area contributed by atoms with E-state index in [-0.39, 0.29) is 0 Å². The number of aromatic nitrogens is 2. The Morgan fingerprint density at radius 1 is 1.17 bits per heavy atom. The average molecular weight is 370 g/mol. The van der Waals surface area contributed by atoms with Crippen molar-refractivity contribution in [3.05, 3.63) is 58.1 Å². The molecule has 0 bridgehead atoms. The highest BCUT2D eigenvalue weighted by atomic mass is 35.5. The lowest BCUT2D eigenvalue weighted by Crippen LogP contribution is -2.06. The van der Waals surface area contributed by atoms with E-state index in [2.05, 4.69) is 10.1 Å². The van der Waals surface area contributed by atoms with Crippen molar-refractivity contribution in [2.24, 2.45) is 12.0 Å². The third-order valence-corrected chi connectivity index (χ3v) is 4.51. The van der Waals surface area contributed by atoms with Crippen LogP contribution >= 0.6 is 22.9 Å². The van der Waals surface area contributed by atoms with Gasteiger partial charge < -0.3 is 0 Å². The molecule has 3 nitrogen and oxygen atoms in total. The van der Waals surface area contributed by atoms with Gasteiger partial charge in [0.15, 0.2) is 5.69 Å². The molecule has 0 atom stereocenters. The van der Waals surface area contributed by atoms with Crippen LogP contribution in [0.25, 0.3) is 10.6 Å². The van der Waals surface area contributed by atoms with Crippen LogP contribution in [0.5, 0.6) is 0 Å². The smallest absolute Gasteiger partial charge is 0.267 e. The van der Waals surface area contributed by atoms with Gasteiger partial charge >= 0.3 is 6.18 Å². The molecule has 0 aliphatic carbocycles. The van der Waals surface area contributed by atoms with Crippen LogP contribution < -0.4 is 0 Å². The summed E-state index contributed by atoms with van der Waals surface area (Å²) in [6.45, 7) is 0. The number of hydrogen-bond acceptors (Lipinski definition) is 3. The number of hydrogen-bond donors (Lipinski definition) is 0.